The fraction of sp³-hybridized carbons (Fsp3) is 0.0303. The summed E-state index contributed by atoms with van der Waals surface area (Å²) < 4.78 is 0. The Morgan fingerprint density at radius 3 is 1.66 bits per heavy atom. The maximum atomic E-state index is 4.58. The second-order valence-electron chi connectivity index (χ2n) is 9.28. The number of fused-ring (bicyclic) bond motifs is 7. The van der Waals surface area contributed by atoms with Crippen molar-refractivity contribution >= 4 is 58.5 Å². The molecule has 0 atom stereocenters. The average molecular weight is 483 g/mol. The van der Waals surface area contributed by atoms with Crippen molar-refractivity contribution in [1.29, 1.82) is 0 Å². The Labute approximate surface area is 215 Å². The highest BCUT2D eigenvalue weighted by Gasteiger charge is 2.40. The van der Waals surface area contributed by atoms with Gasteiger partial charge in [-0.3, -0.25) is 0 Å². The van der Waals surface area contributed by atoms with Crippen LogP contribution in [0.15, 0.2) is 131 Å². The van der Waals surface area contributed by atoms with E-state index in [0.29, 0.717) is 0 Å². The molecule has 0 heterocycles. The Bertz CT molecular complexity index is 1790. The molecule has 5 aromatic rings. The molecule has 2 heteroatoms. The molecule has 0 unspecified atom stereocenters. The molecule has 0 aliphatic heterocycles. The highest BCUT2D eigenvalue weighted by atomic mass is 32.1. The molecule has 0 saturated carbocycles. The van der Waals surface area contributed by atoms with Crippen LogP contribution < -0.4 is 10.4 Å². The quantitative estimate of drug-likeness (QED) is 0.196. The summed E-state index contributed by atoms with van der Waals surface area (Å²) in [5, 5.41) is 7.84. The van der Waals surface area contributed by atoms with E-state index in [1.165, 1.54) is 54.3 Å². The van der Waals surface area contributed by atoms with Gasteiger partial charge in [-0.25, -0.2) is 0 Å². The third-order valence-corrected chi connectivity index (χ3v) is 8.07. The monoisotopic (exact) mass is 482 g/mol. The minimum absolute atomic E-state index is 0.431. The normalized spacial score (nSPS) is 15.6. The molecule has 0 radical (unpaired) electrons. The molecule has 0 saturated heterocycles. The summed E-state index contributed by atoms with van der Waals surface area (Å²) >= 11 is 9.16. The summed E-state index contributed by atoms with van der Waals surface area (Å²) in [6, 6.07) is 34.9. The zero-order valence-electron chi connectivity index (χ0n) is 18.9. The van der Waals surface area contributed by atoms with Crippen LogP contribution in [0.5, 0.6) is 0 Å². The minimum Gasteiger partial charge on any atom is -0.143 e. The van der Waals surface area contributed by atoms with E-state index in [0.717, 1.165) is 9.79 Å². The molecule has 7 rings (SSSR count). The number of hydrogen-bond donors (Lipinski definition) is 2. The molecule has 0 fully saturated rings. The highest BCUT2D eigenvalue weighted by molar-refractivity contribution is 7.80. The van der Waals surface area contributed by atoms with E-state index in [9.17, 15) is 0 Å². The summed E-state index contributed by atoms with van der Waals surface area (Å²) in [7, 11) is 0. The topological polar surface area (TPSA) is 0 Å². The van der Waals surface area contributed by atoms with Crippen LogP contribution in [0, 0.1) is 0 Å². The van der Waals surface area contributed by atoms with Crippen LogP contribution in [-0.4, -0.2) is 0 Å². The third kappa shape index (κ3) is 2.97. The van der Waals surface area contributed by atoms with Crippen molar-refractivity contribution in [1.82, 2.24) is 0 Å². The van der Waals surface area contributed by atoms with Crippen LogP contribution in [-0.2, 0) is 5.41 Å². The smallest absolute Gasteiger partial charge is 0.0647 e. The van der Waals surface area contributed by atoms with Crippen LogP contribution in [0.4, 0.5) is 0 Å². The summed E-state index contributed by atoms with van der Waals surface area (Å²) in [6.45, 7) is 0. The first-order valence-corrected chi connectivity index (χ1v) is 12.7. The fourth-order valence-electron chi connectivity index (χ4n) is 5.99. The maximum Gasteiger partial charge on any atom is 0.0647 e. The Morgan fingerprint density at radius 1 is 0.543 bits per heavy atom. The van der Waals surface area contributed by atoms with Crippen molar-refractivity contribution in [3.05, 3.63) is 142 Å². The number of benzene rings is 5. The van der Waals surface area contributed by atoms with Gasteiger partial charge >= 0.3 is 0 Å². The van der Waals surface area contributed by atoms with Gasteiger partial charge in [0.25, 0.3) is 0 Å². The lowest BCUT2D eigenvalue weighted by Crippen LogP contribution is -2.35. The van der Waals surface area contributed by atoms with Crippen LogP contribution in [0.3, 0.4) is 0 Å². The molecule has 0 spiro atoms. The molecule has 0 nitrogen and oxygen atoms in total. The predicted molar refractivity (Wildman–Crippen MR) is 154 cm³/mol. The summed E-state index contributed by atoms with van der Waals surface area (Å²) in [5.41, 5.74) is 4.65. The van der Waals surface area contributed by atoms with Crippen molar-refractivity contribution in [3.63, 3.8) is 0 Å². The lowest BCUT2D eigenvalue weighted by atomic mass is 9.65. The standard InChI is InChI=1S/C33H22S2/c34-24-15-11-22(12-16-24)33(23-13-17-25(35)18-14-23)19-5-6-21-20-30-28-9-2-1-7-26(28)27-8-3-4-10-29(27)31(30)32(21)33/h1-20,34-35H. The fourth-order valence-corrected chi connectivity index (χ4v) is 6.29. The average Bonchev–Trinajstić information content (AvgIpc) is 3.31. The predicted octanol–water partition coefficient (Wildman–Crippen LogP) is 7.00. The molecule has 166 valence electrons. The SMILES string of the molecule is Sc1ccc(C2(c3ccc(S)cc3)C=CC=C3C=c4c(c5ccccc5c5ccccc45)=C32)cc1. The van der Waals surface area contributed by atoms with Gasteiger partial charge in [0.05, 0.1) is 5.41 Å². The van der Waals surface area contributed by atoms with Crippen LogP contribution in [0.2, 0.25) is 0 Å². The van der Waals surface area contributed by atoms with Gasteiger partial charge < -0.3 is 0 Å². The van der Waals surface area contributed by atoms with Gasteiger partial charge in [0, 0.05) is 9.79 Å². The zero-order valence-corrected chi connectivity index (χ0v) is 20.7. The number of allylic oxidation sites excluding steroid dienone is 4. The highest BCUT2D eigenvalue weighted by Crippen LogP contribution is 2.48. The van der Waals surface area contributed by atoms with E-state index < -0.39 is 5.41 Å². The van der Waals surface area contributed by atoms with Gasteiger partial charge in [-0.05, 0) is 84.6 Å². The first-order valence-electron chi connectivity index (χ1n) is 11.8. The van der Waals surface area contributed by atoms with E-state index in [-0.39, 0.29) is 0 Å². The first-order chi connectivity index (χ1) is 17.2. The van der Waals surface area contributed by atoms with Crippen molar-refractivity contribution in [3.8, 4) is 0 Å². The molecular formula is C33H22S2. The first kappa shape index (κ1) is 20.9. The molecule has 2 aliphatic rings. The summed E-state index contributed by atoms with van der Waals surface area (Å²) in [5.74, 6) is 0. The lowest BCUT2D eigenvalue weighted by Gasteiger charge is -2.37. The van der Waals surface area contributed by atoms with E-state index in [1.807, 2.05) is 0 Å². The van der Waals surface area contributed by atoms with Gasteiger partial charge in [-0.1, -0.05) is 91.0 Å². The largest absolute Gasteiger partial charge is 0.143 e. The van der Waals surface area contributed by atoms with E-state index in [4.69, 9.17) is 0 Å². The Hall–Kier alpha value is -3.46. The Kier molecular flexibility index (Phi) is 4.64. The molecular weight excluding hydrogens is 460 g/mol. The van der Waals surface area contributed by atoms with Crippen LogP contribution in [0.1, 0.15) is 11.1 Å². The van der Waals surface area contributed by atoms with E-state index in [1.54, 1.807) is 0 Å². The molecule has 5 aromatic carbocycles. The Morgan fingerprint density at radius 2 is 1.06 bits per heavy atom. The van der Waals surface area contributed by atoms with Gasteiger partial charge in [0.2, 0.25) is 0 Å². The summed E-state index contributed by atoms with van der Waals surface area (Å²) in [6.07, 6.45) is 9.23. The Balaban J connectivity index is 1.74. The van der Waals surface area contributed by atoms with Gasteiger partial charge in [-0.2, -0.15) is 0 Å². The molecule has 0 N–H and O–H groups in total. The molecule has 2 aliphatic carbocycles. The molecule has 0 bridgehead atoms. The van der Waals surface area contributed by atoms with Crippen LogP contribution >= 0.6 is 25.3 Å². The molecule has 0 amide bonds. The van der Waals surface area contributed by atoms with Gasteiger partial charge in [0.1, 0.15) is 0 Å². The number of hydrogen-bond acceptors (Lipinski definition) is 2. The third-order valence-electron chi connectivity index (χ3n) is 7.47. The molecule has 35 heavy (non-hydrogen) atoms. The number of rotatable bonds is 2. The molecule has 0 aromatic heterocycles. The zero-order chi connectivity index (χ0) is 23.6. The van der Waals surface area contributed by atoms with Gasteiger partial charge in [-0.15, -0.1) is 25.3 Å². The lowest BCUT2D eigenvalue weighted by molar-refractivity contribution is 0.828. The summed E-state index contributed by atoms with van der Waals surface area (Å²) in [4.78, 5) is 1.93. The van der Waals surface area contributed by atoms with Crippen molar-refractivity contribution in [2.45, 2.75) is 15.2 Å². The second kappa shape index (κ2) is 7.78. The number of thiol groups is 2. The van der Waals surface area contributed by atoms with E-state index in [2.05, 4.69) is 147 Å². The van der Waals surface area contributed by atoms with Crippen molar-refractivity contribution in [2.75, 3.05) is 0 Å². The minimum atomic E-state index is -0.431. The van der Waals surface area contributed by atoms with Crippen molar-refractivity contribution in [2.24, 2.45) is 0 Å². The maximum absolute atomic E-state index is 4.58. The van der Waals surface area contributed by atoms with Crippen molar-refractivity contribution < 1.29 is 0 Å². The van der Waals surface area contributed by atoms with E-state index >= 15 is 0 Å². The van der Waals surface area contributed by atoms with Crippen LogP contribution in [0.25, 0.3) is 33.2 Å². The second-order valence-corrected chi connectivity index (χ2v) is 10.3. The van der Waals surface area contributed by atoms with Gasteiger partial charge in [0.15, 0.2) is 0 Å².